The normalized spacial score (nSPS) is 15.5. The summed E-state index contributed by atoms with van der Waals surface area (Å²) in [5.74, 6) is -1.67. The molecule has 1 N–H and O–H groups in total. The number of rotatable bonds is 3. The molecule has 0 atom stereocenters. The van der Waals surface area contributed by atoms with E-state index in [1.54, 1.807) is 24.1 Å². The molecule has 126 valence electrons. The Hall–Kier alpha value is -2.70. The van der Waals surface area contributed by atoms with Gasteiger partial charge in [-0.2, -0.15) is 5.10 Å². The summed E-state index contributed by atoms with van der Waals surface area (Å²) in [6, 6.07) is 6.70. The monoisotopic (exact) mass is 331 g/mol. The summed E-state index contributed by atoms with van der Waals surface area (Å²) < 4.78 is 15.2. The number of nitrogens with zero attached hydrogens (tertiary/aromatic N) is 3. The van der Waals surface area contributed by atoms with Gasteiger partial charge in [-0.3, -0.25) is 9.48 Å². The van der Waals surface area contributed by atoms with Crippen LogP contribution < -0.4 is 0 Å². The van der Waals surface area contributed by atoms with Crippen LogP contribution in [0.2, 0.25) is 0 Å². The first-order valence-electron chi connectivity index (χ1n) is 7.78. The lowest BCUT2D eigenvalue weighted by Gasteiger charge is -2.32. The maximum atomic E-state index is 13.9. The molecule has 0 aliphatic carbocycles. The molecule has 0 radical (unpaired) electrons. The topological polar surface area (TPSA) is 75.4 Å². The number of hydrogen-bond acceptors (Lipinski definition) is 3. The van der Waals surface area contributed by atoms with Gasteiger partial charge in [0.15, 0.2) is 0 Å². The highest BCUT2D eigenvalue weighted by Gasteiger charge is 2.30. The van der Waals surface area contributed by atoms with Crippen molar-refractivity contribution in [3.8, 4) is 0 Å². The number of carboxylic acid groups (broad SMARTS) is 1. The third kappa shape index (κ3) is 2.89. The predicted molar refractivity (Wildman–Crippen MR) is 84.4 cm³/mol. The molecule has 1 aliphatic heterocycles. The number of likely N-dealkylation sites (tertiary alicyclic amines) is 1. The van der Waals surface area contributed by atoms with Crippen LogP contribution in [0.3, 0.4) is 0 Å². The maximum absolute atomic E-state index is 13.9. The molecular weight excluding hydrogens is 313 g/mol. The molecule has 0 unspecified atom stereocenters. The second-order valence-electron chi connectivity index (χ2n) is 5.92. The Labute approximate surface area is 138 Å². The van der Waals surface area contributed by atoms with Crippen molar-refractivity contribution < 1.29 is 19.1 Å². The standard InChI is InChI=1S/C17H18FN3O3/c1-20-15(13(10-19-20)17(23)24)16(22)21-8-6-11(7-9-21)12-4-2-3-5-14(12)18/h2-5,10-11H,6-9H2,1H3,(H,23,24). The predicted octanol–water partition coefficient (Wildman–Crippen LogP) is 2.28. The van der Waals surface area contributed by atoms with Gasteiger partial charge in [0.1, 0.15) is 17.1 Å². The average molecular weight is 331 g/mol. The van der Waals surface area contributed by atoms with Crippen LogP contribution in [0.25, 0.3) is 0 Å². The van der Waals surface area contributed by atoms with E-state index in [9.17, 15) is 19.1 Å². The third-order valence-electron chi connectivity index (χ3n) is 4.50. The number of benzene rings is 1. The smallest absolute Gasteiger partial charge is 0.339 e. The number of halogens is 1. The lowest BCUT2D eigenvalue weighted by Crippen LogP contribution is -2.39. The molecule has 1 aromatic heterocycles. The van der Waals surface area contributed by atoms with E-state index < -0.39 is 5.97 Å². The van der Waals surface area contributed by atoms with Gasteiger partial charge in [-0.15, -0.1) is 0 Å². The first-order chi connectivity index (χ1) is 11.5. The minimum Gasteiger partial charge on any atom is -0.478 e. The molecule has 1 fully saturated rings. The minimum absolute atomic E-state index is 0.0701. The molecule has 1 saturated heterocycles. The highest BCUT2D eigenvalue weighted by molar-refractivity contribution is 6.03. The molecule has 1 amide bonds. The van der Waals surface area contributed by atoms with Crippen molar-refractivity contribution in [1.82, 2.24) is 14.7 Å². The average Bonchev–Trinajstić information content (AvgIpc) is 2.97. The molecule has 7 heteroatoms. The first-order valence-corrected chi connectivity index (χ1v) is 7.78. The second kappa shape index (κ2) is 6.43. The Morgan fingerprint density at radius 3 is 2.54 bits per heavy atom. The zero-order valence-electron chi connectivity index (χ0n) is 13.3. The summed E-state index contributed by atoms with van der Waals surface area (Å²) >= 11 is 0. The van der Waals surface area contributed by atoms with Crippen LogP contribution in [0.1, 0.15) is 45.2 Å². The van der Waals surface area contributed by atoms with E-state index in [4.69, 9.17) is 0 Å². The zero-order chi connectivity index (χ0) is 17.3. The summed E-state index contributed by atoms with van der Waals surface area (Å²) in [6.07, 6.45) is 2.47. The number of piperidine rings is 1. The molecule has 1 aliphatic rings. The Morgan fingerprint density at radius 2 is 1.92 bits per heavy atom. The maximum Gasteiger partial charge on any atom is 0.339 e. The van der Waals surface area contributed by atoms with E-state index in [1.165, 1.54) is 16.9 Å². The van der Waals surface area contributed by atoms with E-state index in [2.05, 4.69) is 5.10 Å². The summed E-state index contributed by atoms with van der Waals surface area (Å²) in [6.45, 7) is 0.921. The van der Waals surface area contributed by atoms with Crippen molar-refractivity contribution in [2.75, 3.05) is 13.1 Å². The fourth-order valence-corrected chi connectivity index (χ4v) is 3.20. The Kier molecular flexibility index (Phi) is 4.33. The van der Waals surface area contributed by atoms with E-state index in [-0.39, 0.29) is 28.9 Å². The number of aryl methyl sites for hydroxylation is 1. The van der Waals surface area contributed by atoms with Gasteiger partial charge in [-0.05, 0) is 30.4 Å². The van der Waals surface area contributed by atoms with Crippen molar-refractivity contribution in [1.29, 1.82) is 0 Å². The van der Waals surface area contributed by atoms with Gasteiger partial charge in [0.2, 0.25) is 0 Å². The van der Waals surface area contributed by atoms with E-state index in [1.807, 2.05) is 6.07 Å². The Morgan fingerprint density at radius 1 is 1.25 bits per heavy atom. The van der Waals surface area contributed by atoms with Gasteiger partial charge in [0.25, 0.3) is 5.91 Å². The van der Waals surface area contributed by atoms with Crippen molar-refractivity contribution in [3.63, 3.8) is 0 Å². The van der Waals surface area contributed by atoms with Crippen LogP contribution in [0.5, 0.6) is 0 Å². The van der Waals surface area contributed by atoms with Gasteiger partial charge in [-0.1, -0.05) is 18.2 Å². The number of carbonyl (C=O) groups is 2. The van der Waals surface area contributed by atoms with Gasteiger partial charge < -0.3 is 10.0 Å². The number of hydrogen-bond donors (Lipinski definition) is 1. The van der Waals surface area contributed by atoms with Crippen LogP contribution in [0, 0.1) is 5.82 Å². The fraction of sp³-hybridized carbons (Fsp3) is 0.353. The molecule has 2 heterocycles. The van der Waals surface area contributed by atoms with Crippen molar-refractivity contribution in [3.05, 3.63) is 53.1 Å². The van der Waals surface area contributed by atoms with E-state index in [0.29, 0.717) is 31.5 Å². The minimum atomic E-state index is -1.17. The molecule has 24 heavy (non-hydrogen) atoms. The van der Waals surface area contributed by atoms with Crippen LogP contribution in [-0.4, -0.2) is 44.8 Å². The first kappa shape index (κ1) is 16.2. The van der Waals surface area contributed by atoms with E-state index in [0.717, 1.165) is 0 Å². The largest absolute Gasteiger partial charge is 0.478 e. The summed E-state index contributed by atoms with van der Waals surface area (Å²) in [5, 5.41) is 13.0. The summed E-state index contributed by atoms with van der Waals surface area (Å²) in [7, 11) is 1.55. The molecule has 6 nitrogen and oxygen atoms in total. The molecule has 3 rings (SSSR count). The molecule has 2 aromatic rings. The van der Waals surface area contributed by atoms with Crippen LogP contribution in [-0.2, 0) is 7.05 Å². The molecule has 0 saturated carbocycles. The fourth-order valence-electron chi connectivity index (χ4n) is 3.20. The highest BCUT2D eigenvalue weighted by atomic mass is 19.1. The Balaban J connectivity index is 1.73. The van der Waals surface area contributed by atoms with Gasteiger partial charge >= 0.3 is 5.97 Å². The van der Waals surface area contributed by atoms with Crippen LogP contribution in [0.15, 0.2) is 30.5 Å². The lowest BCUT2D eigenvalue weighted by atomic mass is 9.89. The number of amides is 1. The SMILES string of the molecule is Cn1ncc(C(=O)O)c1C(=O)N1CCC(c2ccccc2F)CC1. The molecular formula is C17H18FN3O3. The second-order valence-corrected chi connectivity index (χ2v) is 5.92. The lowest BCUT2D eigenvalue weighted by molar-refractivity contribution is 0.0655. The summed E-state index contributed by atoms with van der Waals surface area (Å²) in [4.78, 5) is 25.5. The van der Waals surface area contributed by atoms with Crippen LogP contribution in [0.4, 0.5) is 4.39 Å². The van der Waals surface area contributed by atoms with E-state index >= 15 is 0 Å². The van der Waals surface area contributed by atoms with Gasteiger partial charge in [0, 0.05) is 20.1 Å². The van der Waals surface area contributed by atoms with Gasteiger partial charge in [0.05, 0.1) is 6.20 Å². The highest BCUT2D eigenvalue weighted by Crippen LogP contribution is 2.30. The molecule has 1 aromatic carbocycles. The number of carboxylic acids is 1. The number of carbonyl (C=O) groups excluding carboxylic acids is 1. The quantitative estimate of drug-likeness (QED) is 0.936. The molecule has 0 bridgehead atoms. The van der Waals surface area contributed by atoms with Crippen molar-refractivity contribution >= 4 is 11.9 Å². The van der Waals surface area contributed by atoms with Crippen molar-refractivity contribution in [2.24, 2.45) is 7.05 Å². The molecule has 0 spiro atoms. The van der Waals surface area contributed by atoms with Crippen molar-refractivity contribution in [2.45, 2.75) is 18.8 Å². The third-order valence-corrected chi connectivity index (χ3v) is 4.50. The Bertz CT molecular complexity index is 779. The summed E-state index contributed by atoms with van der Waals surface area (Å²) in [5.41, 5.74) is 0.655. The van der Waals surface area contributed by atoms with Crippen LogP contribution >= 0.6 is 0 Å². The number of aromatic carboxylic acids is 1. The number of aromatic nitrogens is 2. The zero-order valence-corrected chi connectivity index (χ0v) is 13.3. The van der Waals surface area contributed by atoms with Gasteiger partial charge in [-0.25, -0.2) is 9.18 Å².